The largest absolute Gasteiger partial charge is 0.478 e. The van der Waals surface area contributed by atoms with Gasteiger partial charge in [0.2, 0.25) is 0 Å². The van der Waals surface area contributed by atoms with E-state index in [-0.39, 0.29) is 5.56 Å². The van der Waals surface area contributed by atoms with Gasteiger partial charge in [-0.25, -0.2) is 9.18 Å². The number of hydrogen-bond acceptors (Lipinski definition) is 3. The number of carboxylic acids is 1. The summed E-state index contributed by atoms with van der Waals surface area (Å²) in [4.78, 5) is 10.8. The molecule has 6 heteroatoms. The highest BCUT2D eigenvalue weighted by atomic mass is 19.1. The van der Waals surface area contributed by atoms with Crippen LogP contribution >= 0.6 is 0 Å². The van der Waals surface area contributed by atoms with E-state index in [2.05, 4.69) is 10.2 Å². The van der Waals surface area contributed by atoms with Crippen molar-refractivity contribution in [2.75, 3.05) is 0 Å². The molecule has 0 unspecified atom stereocenters. The second-order valence-corrected chi connectivity index (χ2v) is 7.48. The Kier molecular flexibility index (Phi) is 6.14. The van der Waals surface area contributed by atoms with Crippen LogP contribution in [0.5, 0.6) is 0 Å². The highest BCUT2D eigenvalue weighted by Crippen LogP contribution is 2.36. The van der Waals surface area contributed by atoms with Gasteiger partial charge in [-0.05, 0) is 64.6 Å². The summed E-state index contributed by atoms with van der Waals surface area (Å²) >= 11 is 0. The molecule has 0 aliphatic rings. The van der Waals surface area contributed by atoms with Crippen molar-refractivity contribution in [1.29, 1.82) is 5.26 Å². The van der Waals surface area contributed by atoms with E-state index in [1.165, 1.54) is 12.1 Å². The molecule has 0 aliphatic heterocycles. The zero-order valence-electron chi connectivity index (χ0n) is 17.8. The van der Waals surface area contributed by atoms with Gasteiger partial charge in [0.25, 0.3) is 0 Å². The molecule has 0 spiro atoms. The molecule has 0 saturated heterocycles. The van der Waals surface area contributed by atoms with Gasteiger partial charge in [-0.3, -0.25) is 5.10 Å². The van der Waals surface area contributed by atoms with Gasteiger partial charge >= 0.3 is 5.97 Å². The van der Waals surface area contributed by atoms with E-state index < -0.39 is 11.8 Å². The predicted molar refractivity (Wildman–Crippen MR) is 127 cm³/mol. The number of H-pyrrole nitrogens is 1. The average Bonchev–Trinajstić information content (AvgIpc) is 3.30. The van der Waals surface area contributed by atoms with E-state index in [1.807, 2.05) is 55.5 Å². The molecule has 0 radical (unpaired) electrons. The maximum atomic E-state index is 15.0. The van der Waals surface area contributed by atoms with Gasteiger partial charge in [0.1, 0.15) is 5.82 Å². The highest BCUT2D eigenvalue weighted by Gasteiger charge is 2.17. The molecule has 0 saturated carbocycles. The van der Waals surface area contributed by atoms with Crippen molar-refractivity contribution in [3.8, 4) is 6.07 Å². The lowest BCUT2D eigenvalue weighted by molar-refractivity contribution is -0.131. The standard InChI is InChI=1S/C27H20FN3O2/c1-2-22(23-10-5-18(15-29)13-24(23)28)27(20-9-11-25-21(14-20)16-30-31-25)19-7-3-17(4-8-19)6-12-26(32)33/h3-14,16H,2H2,1H3,(H,30,31)(H,32,33). The van der Waals surface area contributed by atoms with Gasteiger partial charge in [0, 0.05) is 17.0 Å². The molecule has 0 amide bonds. The number of aromatic nitrogens is 2. The lowest BCUT2D eigenvalue weighted by Crippen LogP contribution is -1.98. The Morgan fingerprint density at radius 3 is 2.55 bits per heavy atom. The fraction of sp³-hybridized carbons (Fsp3) is 0.0741. The fourth-order valence-corrected chi connectivity index (χ4v) is 3.87. The van der Waals surface area contributed by atoms with Crippen LogP contribution in [-0.2, 0) is 4.79 Å². The monoisotopic (exact) mass is 437 g/mol. The zero-order valence-corrected chi connectivity index (χ0v) is 17.8. The van der Waals surface area contributed by atoms with Gasteiger partial charge in [-0.15, -0.1) is 0 Å². The van der Waals surface area contributed by atoms with Crippen LogP contribution in [0.1, 0.15) is 41.2 Å². The molecule has 4 rings (SSSR count). The first-order valence-corrected chi connectivity index (χ1v) is 10.4. The Bertz CT molecular complexity index is 1440. The number of aliphatic carboxylic acids is 1. The number of rotatable bonds is 6. The molecule has 1 aromatic heterocycles. The van der Waals surface area contributed by atoms with Crippen LogP contribution in [0.25, 0.3) is 28.1 Å². The number of fused-ring (bicyclic) bond motifs is 1. The molecule has 4 aromatic rings. The third-order valence-corrected chi connectivity index (χ3v) is 5.43. The zero-order chi connectivity index (χ0) is 23.4. The molecule has 1 heterocycles. The number of nitrogens with zero attached hydrogens (tertiary/aromatic N) is 2. The topological polar surface area (TPSA) is 89.8 Å². The summed E-state index contributed by atoms with van der Waals surface area (Å²) in [5, 5.41) is 26.0. The SMILES string of the molecule is CCC(=C(c1ccc(C=CC(=O)O)cc1)c1ccc2[nH]ncc2c1)c1ccc(C#N)cc1F. The van der Waals surface area contributed by atoms with Crippen molar-refractivity contribution in [1.82, 2.24) is 10.2 Å². The minimum absolute atomic E-state index is 0.266. The van der Waals surface area contributed by atoms with Crippen LogP contribution in [0, 0.1) is 17.1 Å². The predicted octanol–water partition coefficient (Wildman–Crippen LogP) is 6.04. The summed E-state index contributed by atoms with van der Waals surface area (Å²) in [6, 6.07) is 19.8. The summed E-state index contributed by atoms with van der Waals surface area (Å²) in [5.74, 6) is -1.47. The third-order valence-electron chi connectivity index (χ3n) is 5.43. The van der Waals surface area contributed by atoms with Crippen molar-refractivity contribution in [2.24, 2.45) is 0 Å². The Morgan fingerprint density at radius 2 is 1.88 bits per heavy atom. The number of carboxylic acid groups (broad SMARTS) is 1. The molecule has 162 valence electrons. The van der Waals surface area contributed by atoms with Crippen LogP contribution < -0.4 is 0 Å². The number of aromatic amines is 1. The van der Waals surface area contributed by atoms with Crippen LogP contribution in [0.2, 0.25) is 0 Å². The molecule has 5 nitrogen and oxygen atoms in total. The van der Waals surface area contributed by atoms with E-state index in [9.17, 15) is 4.79 Å². The second kappa shape index (κ2) is 9.33. The number of halogens is 1. The first-order chi connectivity index (χ1) is 16.0. The van der Waals surface area contributed by atoms with E-state index in [1.54, 1.807) is 18.3 Å². The number of nitriles is 1. The first kappa shape index (κ1) is 21.7. The molecule has 0 atom stereocenters. The lowest BCUT2D eigenvalue weighted by Gasteiger charge is -2.17. The molecule has 0 aliphatic carbocycles. The number of carbonyl (C=O) groups is 1. The summed E-state index contributed by atoms with van der Waals surface area (Å²) in [5.41, 5.74) is 5.77. The van der Waals surface area contributed by atoms with E-state index in [0.717, 1.165) is 44.8 Å². The number of hydrogen-bond donors (Lipinski definition) is 2. The highest BCUT2D eigenvalue weighted by molar-refractivity contribution is 6.00. The number of nitrogens with one attached hydrogen (secondary N) is 1. The summed E-state index contributed by atoms with van der Waals surface area (Å²) in [7, 11) is 0. The van der Waals surface area contributed by atoms with Crippen LogP contribution in [-0.4, -0.2) is 21.3 Å². The van der Waals surface area contributed by atoms with E-state index in [4.69, 9.17) is 10.4 Å². The molecular weight excluding hydrogens is 417 g/mol. The average molecular weight is 437 g/mol. The minimum Gasteiger partial charge on any atom is -0.478 e. The van der Waals surface area contributed by atoms with Crippen molar-refractivity contribution in [3.05, 3.63) is 107 Å². The van der Waals surface area contributed by atoms with Crippen LogP contribution in [0.3, 0.4) is 0 Å². The van der Waals surface area contributed by atoms with Gasteiger partial charge in [0.05, 0.1) is 23.3 Å². The van der Waals surface area contributed by atoms with Gasteiger partial charge in [-0.1, -0.05) is 43.3 Å². The first-order valence-electron chi connectivity index (χ1n) is 10.4. The number of allylic oxidation sites excluding steroid dienone is 1. The Labute approximate surface area is 190 Å². The minimum atomic E-state index is -1.02. The maximum absolute atomic E-state index is 15.0. The van der Waals surface area contributed by atoms with E-state index in [0.29, 0.717) is 12.0 Å². The van der Waals surface area contributed by atoms with E-state index >= 15 is 4.39 Å². The number of benzene rings is 3. The molecule has 33 heavy (non-hydrogen) atoms. The third kappa shape index (κ3) is 4.58. The molecule has 2 N–H and O–H groups in total. The lowest BCUT2D eigenvalue weighted by atomic mass is 9.87. The van der Waals surface area contributed by atoms with Crippen LogP contribution in [0.4, 0.5) is 4.39 Å². The smallest absolute Gasteiger partial charge is 0.328 e. The van der Waals surface area contributed by atoms with Gasteiger partial charge in [-0.2, -0.15) is 10.4 Å². The van der Waals surface area contributed by atoms with Crippen molar-refractivity contribution < 1.29 is 14.3 Å². The molecule has 3 aromatic carbocycles. The van der Waals surface area contributed by atoms with Crippen molar-refractivity contribution in [2.45, 2.75) is 13.3 Å². The van der Waals surface area contributed by atoms with Crippen molar-refractivity contribution in [3.63, 3.8) is 0 Å². The Hall–Kier alpha value is -4.50. The Balaban J connectivity index is 1.94. The summed E-state index contributed by atoms with van der Waals surface area (Å²) < 4.78 is 15.0. The Morgan fingerprint density at radius 1 is 1.12 bits per heavy atom. The summed E-state index contributed by atoms with van der Waals surface area (Å²) in [6.07, 6.45) is 4.91. The molecule has 0 bridgehead atoms. The van der Waals surface area contributed by atoms with Crippen molar-refractivity contribution >= 4 is 34.1 Å². The van der Waals surface area contributed by atoms with Gasteiger partial charge < -0.3 is 5.11 Å². The normalized spacial score (nSPS) is 12.0. The maximum Gasteiger partial charge on any atom is 0.328 e. The molecule has 0 fully saturated rings. The quantitative estimate of drug-likeness (QED) is 0.284. The molecular formula is C27H20FN3O2. The van der Waals surface area contributed by atoms with Gasteiger partial charge in [0.15, 0.2) is 0 Å². The fourth-order valence-electron chi connectivity index (χ4n) is 3.87. The second-order valence-electron chi connectivity index (χ2n) is 7.48. The van der Waals surface area contributed by atoms with Crippen LogP contribution in [0.15, 0.2) is 72.9 Å². The summed E-state index contributed by atoms with van der Waals surface area (Å²) in [6.45, 7) is 1.97.